The number of nitrogens with two attached hydrogens (primary N) is 1. The Balaban J connectivity index is 2.04. The summed E-state index contributed by atoms with van der Waals surface area (Å²) in [6, 6.07) is 4.47. The fourth-order valence-electron chi connectivity index (χ4n) is 2.71. The maximum absolute atomic E-state index is 14.2. The maximum Gasteiger partial charge on any atom is 0.419 e. The number of alkyl halides is 5. The number of amides is 1. The van der Waals surface area contributed by atoms with Crippen LogP contribution in [0.2, 0.25) is 0 Å². The molecule has 4 N–H and O–H groups in total. The number of halogens is 7. The molecule has 0 aliphatic carbocycles. The lowest BCUT2D eigenvalue weighted by atomic mass is 10.1. The van der Waals surface area contributed by atoms with Gasteiger partial charge in [0.25, 0.3) is 0 Å². The molecule has 1 aromatic heterocycles. The van der Waals surface area contributed by atoms with E-state index in [1.807, 2.05) is 0 Å². The lowest BCUT2D eigenvalue weighted by Gasteiger charge is -2.15. The van der Waals surface area contributed by atoms with E-state index in [4.69, 9.17) is 20.3 Å². The summed E-state index contributed by atoms with van der Waals surface area (Å²) in [5.41, 5.74) is -0.327. The number of hydrogen-bond donors (Lipinski definition) is 3. The van der Waals surface area contributed by atoms with Crippen molar-refractivity contribution in [2.24, 2.45) is 5.73 Å². The first kappa shape index (κ1) is 24.7. The predicted octanol–water partition coefficient (Wildman–Crippen LogP) is 5.85. The third-order valence-electron chi connectivity index (χ3n) is 4.24. The van der Waals surface area contributed by atoms with Gasteiger partial charge >= 0.3 is 11.8 Å². The SMILES string of the molecule is NC(=O)c1cc(OCc2ccc(C(F)(F)F)c(F)c2)c2sc(C(F)(F)P(O)O)c(Br)c2c1. The van der Waals surface area contributed by atoms with E-state index in [9.17, 15) is 31.1 Å². The smallest absolute Gasteiger partial charge is 0.419 e. The van der Waals surface area contributed by atoms with Crippen LogP contribution in [0.25, 0.3) is 10.1 Å². The first-order valence-corrected chi connectivity index (χ1v) is 11.2. The minimum atomic E-state index is -4.88. The van der Waals surface area contributed by atoms with Gasteiger partial charge in [0.05, 0.1) is 15.1 Å². The lowest BCUT2D eigenvalue weighted by Crippen LogP contribution is -2.11. The van der Waals surface area contributed by atoms with E-state index in [-0.39, 0.29) is 31.4 Å². The van der Waals surface area contributed by atoms with Crippen molar-refractivity contribution in [2.75, 3.05) is 0 Å². The Morgan fingerprint density at radius 3 is 2.34 bits per heavy atom. The van der Waals surface area contributed by atoms with Crippen molar-refractivity contribution in [3.05, 3.63) is 62.2 Å². The highest BCUT2D eigenvalue weighted by molar-refractivity contribution is 9.10. The summed E-state index contributed by atoms with van der Waals surface area (Å²) in [5, 5.41) is 0.0615. The fourth-order valence-corrected chi connectivity index (χ4v) is 5.49. The zero-order valence-corrected chi connectivity index (χ0v) is 18.7. The average Bonchev–Trinajstić information content (AvgIpc) is 3.02. The molecule has 2 aromatic carbocycles. The first-order valence-electron chi connectivity index (χ1n) is 8.34. The number of carbonyl (C=O) groups excluding carboxylic acids is 1. The molecule has 1 amide bonds. The summed E-state index contributed by atoms with van der Waals surface area (Å²) in [6.45, 7) is -0.458. The maximum atomic E-state index is 14.2. The van der Waals surface area contributed by atoms with Gasteiger partial charge in [0.15, 0.2) is 0 Å². The monoisotopic (exact) mass is 561 g/mol. The van der Waals surface area contributed by atoms with Crippen molar-refractivity contribution in [1.29, 1.82) is 0 Å². The van der Waals surface area contributed by atoms with Crippen LogP contribution in [0.4, 0.5) is 26.3 Å². The molecule has 0 saturated heterocycles. The summed E-state index contributed by atoms with van der Waals surface area (Å²) in [4.78, 5) is 29.1. The van der Waals surface area contributed by atoms with E-state index in [0.29, 0.717) is 23.5 Å². The summed E-state index contributed by atoms with van der Waals surface area (Å²) in [5.74, 6) is -2.57. The third kappa shape index (κ3) is 4.72. The Bertz CT molecular complexity index is 1200. The molecule has 3 aromatic rings. The number of fused-ring (bicyclic) bond motifs is 1. The van der Waals surface area contributed by atoms with Crippen LogP contribution in [0.5, 0.6) is 5.75 Å². The molecule has 14 heteroatoms. The normalized spacial score (nSPS) is 12.6. The van der Waals surface area contributed by atoms with Crippen LogP contribution in [-0.2, 0) is 18.4 Å². The molecule has 0 bridgehead atoms. The van der Waals surface area contributed by atoms with Crippen LogP contribution in [0.15, 0.2) is 34.8 Å². The summed E-state index contributed by atoms with van der Waals surface area (Å²) in [6.07, 6.45) is -4.88. The van der Waals surface area contributed by atoms with Gasteiger partial charge in [0.1, 0.15) is 18.2 Å². The van der Waals surface area contributed by atoms with Crippen LogP contribution < -0.4 is 10.5 Å². The van der Waals surface area contributed by atoms with Gasteiger partial charge in [0.2, 0.25) is 14.3 Å². The minimum absolute atomic E-state index is 0.00328. The van der Waals surface area contributed by atoms with Gasteiger partial charge in [-0.1, -0.05) is 6.07 Å². The van der Waals surface area contributed by atoms with E-state index in [2.05, 4.69) is 15.9 Å². The summed E-state index contributed by atoms with van der Waals surface area (Å²) in [7, 11) is -3.68. The van der Waals surface area contributed by atoms with Gasteiger partial charge in [-0.05, 0) is 45.8 Å². The molecular weight excluding hydrogens is 551 g/mol. The molecular formula is C18H11BrF6NO4PS. The second kappa shape index (κ2) is 8.79. The van der Waals surface area contributed by atoms with E-state index >= 15 is 0 Å². The van der Waals surface area contributed by atoms with Crippen molar-refractivity contribution < 1.29 is 45.7 Å². The molecule has 0 spiro atoms. The number of thiophene rings is 1. The van der Waals surface area contributed by atoms with Crippen LogP contribution in [0, 0.1) is 5.82 Å². The molecule has 0 fully saturated rings. The van der Waals surface area contributed by atoms with E-state index < -0.39 is 49.0 Å². The van der Waals surface area contributed by atoms with Crippen molar-refractivity contribution in [3.8, 4) is 5.75 Å². The topological polar surface area (TPSA) is 92.8 Å². The Morgan fingerprint density at radius 1 is 1.16 bits per heavy atom. The Morgan fingerprint density at radius 2 is 1.81 bits per heavy atom. The number of carbonyl (C=O) groups is 1. The number of ether oxygens (including phenoxy) is 1. The zero-order valence-electron chi connectivity index (χ0n) is 15.4. The van der Waals surface area contributed by atoms with Gasteiger partial charge in [-0.25, -0.2) is 4.39 Å². The van der Waals surface area contributed by atoms with Gasteiger partial charge in [0, 0.05) is 15.4 Å². The van der Waals surface area contributed by atoms with Gasteiger partial charge < -0.3 is 20.3 Å². The van der Waals surface area contributed by atoms with Gasteiger partial charge in [-0.2, -0.15) is 22.0 Å². The highest BCUT2D eigenvalue weighted by Crippen LogP contribution is 2.58. The molecule has 172 valence electrons. The Kier molecular flexibility index (Phi) is 6.79. The molecule has 0 radical (unpaired) electrons. The van der Waals surface area contributed by atoms with Gasteiger partial charge in [-0.3, -0.25) is 4.79 Å². The molecule has 0 aliphatic rings. The number of benzene rings is 2. The average molecular weight is 562 g/mol. The molecule has 32 heavy (non-hydrogen) atoms. The van der Waals surface area contributed by atoms with Crippen LogP contribution in [-0.4, -0.2) is 15.7 Å². The van der Waals surface area contributed by atoms with Crippen molar-refractivity contribution >= 4 is 51.6 Å². The lowest BCUT2D eigenvalue weighted by molar-refractivity contribution is -0.140. The molecule has 0 aliphatic heterocycles. The largest absolute Gasteiger partial charge is 0.487 e. The quantitative estimate of drug-likeness (QED) is 0.260. The number of rotatable bonds is 6. The molecule has 0 saturated carbocycles. The fraction of sp³-hybridized carbons (Fsp3) is 0.167. The Labute approximate surface area is 189 Å². The molecule has 5 nitrogen and oxygen atoms in total. The number of hydrogen-bond acceptors (Lipinski definition) is 5. The second-order valence-corrected chi connectivity index (χ2v) is 9.35. The molecule has 3 rings (SSSR count). The van der Waals surface area contributed by atoms with Crippen molar-refractivity contribution in [1.82, 2.24) is 0 Å². The highest BCUT2D eigenvalue weighted by Gasteiger charge is 2.45. The van der Waals surface area contributed by atoms with Crippen LogP contribution in [0.3, 0.4) is 0 Å². The molecule has 1 heterocycles. The Hall–Kier alpha value is -1.92. The second-order valence-electron chi connectivity index (χ2n) is 6.39. The van der Waals surface area contributed by atoms with Gasteiger partial charge in [-0.15, -0.1) is 11.3 Å². The van der Waals surface area contributed by atoms with E-state index in [0.717, 1.165) is 12.1 Å². The zero-order chi connectivity index (χ0) is 24.0. The third-order valence-corrected chi connectivity index (χ3v) is 7.49. The van der Waals surface area contributed by atoms with Crippen LogP contribution >= 0.6 is 35.6 Å². The minimum Gasteiger partial charge on any atom is -0.487 e. The van der Waals surface area contributed by atoms with Crippen molar-refractivity contribution in [2.45, 2.75) is 18.4 Å². The predicted molar refractivity (Wildman–Crippen MR) is 109 cm³/mol. The van der Waals surface area contributed by atoms with Crippen molar-refractivity contribution in [3.63, 3.8) is 0 Å². The van der Waals surface area contributed by atoms with E-state index in [1.165, 1.54) is 6.07 Å². The highest BCUT2D eigenvalue weighted by atomic mass is 79.9. The summed E-state index contributed by atoms with van der Waals surface area (Å²) >= 11 is 3.41. The summed E-state index contributed by atoms with van der Waals surface area (Å²) < 4.78 is 85.7. The van der Waals surface area contributed by atoms with E-state index in [1.54, 1.807) is 0 Å². The first-order chi connectivity index (χ1) is 14.7. The van der Waals surface area contributed by atoms with Crippen LogP contribution in [0.1, 0.15) is 26.4 Å². The molecule has 0 unspecified atom stereocenters. The number of primary amides is 1. The standard InChI is InChI=1S/C18H11BrF6NO4PS/c19-13-9-4-8(16(26)27)5-12(14(9)32-15(13)18(24,25)31(28)29)30-6-7-1-2-10(11(20)3-7)17(21,22)23/h1-5,28-29H,6H2,(H2,26,27). The molecule has 0 atom stereocenters.